The number of nitrogens with zero attached hydrogens (tertiary/aromatic N) is 3. The van der Waals surface area contributed by atoms with Crippen molar-refractivity contribution in [1.29, 1.82) is 0 Å². The summed E-state index contributed by atoms with van der Waals surface area (Å²) in [4.78, 5) is 11.7. The maximum Gasteiger partial charge on any atom is 0.183 e. The van der Waals surface area contributed by atoms with Crippen molar-refractivity contribution >= 4 is 21.7 Å². The van der Waals surface area contributed by atoms with Gasteiger partial charge in [-0.15, -0.1) is 5.10 Å². The van der Waals surface area contributed by atoms with Crippen LogP contribution in [0.25, 0.3) is 0 Å². The zero-order valence-electron chi connectivity index (χ0n) is 7.33. The van der Waals surface area contributed by atoms with Gasteiger partial charge < -0.3 is 0 Å². The zero-order valence-corrected chi connectivity index (χ0v) is 8.91. The molecule has 0 radical (unpaired) electrons. The molecule has 1 fully saturated rings. The molecule has 1 aliphatic carbocycles. The molecular formula is C8H10BrN3O. The molecule has 4 nitrogen and oxygen atoms in total. The molecule has 1 aliphatic rings. The molecule has 0 aliphatic heterocycles. The van der Waals surface area contributed by atoms with Gasteiger partial charge in [0.05, 0.1) is 0 Å². The van der Waals surface area contributed by atoms with Gasteiger partial charge in [-0.2, -0.15) is 0 Å². The van der Waals surface area contributed by atoms with Gasteiger partial charge in [-0.25, -0.2) is 4.68 Å². The smallest absolute Gasteiger partial charge is 0.183 e. The van der Waals surface area contributed by atoms with E-state index in [9.17, 15) is 4.79 Å². The van der Waals surface area contributed by atoms with Crippen LogP contribution in [0.5, 0.6) is 0 Å². The summed E-state index contributed by atoms with van der Waals surface area (Å²) < 4.78 is 2.08. The summed E-state index contributed by atoms with van der Waals surface area (Å²) in [6.45, 7) is 0. The molecule has 5 heteroatoms. The van der Waals surface area contributed by atoms with Crippen LogP contribution in [-0.4, -0.2) is 20.8 Å². The van der Waals surface area contributed by atoms with Crippen LogP contribution in [0.1, 0.15) is 29.8 Å². The number of rotatable bonds is 3. The molecule has 0 saturated heterocycles. The van der Waals surface area contributed by atoms with Gasteiger partial charge in [0, 0.05) is 13.5 Å². The summed E-state index contributed by atoms with van der Waals surface area (Å²) >= 11 is 3.21. The highest BCUT2D eigenvalue weighted by Gasteiger charge is 2.27. The van der Waals surface area contributed by atoms with Crippen LogP contribution in [0.3, 0.4) is 0 Å². The lowest BCUT2D eigenvalue weighted by atomic mass is 10.1. The van der Waals surface area contributed by atoms with Gasteiger partial charge in [0.25, 0.3) is 0 Å². The molecule has 0 aromatic carbocycles. The second-order valence-electron chi connectivity index (χ2n) is 3.42. The monoisotopic (exact) mass is 243 g/mol. The van der Waals surface area contributed by atoms with E-state index in [1.165, 1.54) is 17.5 Å². The molecule has 1 aromatic heterocycles. The second-order valence-corrected chi connectivity index (χ2v) is 4.17. The first-order chi connectivity index (χ1) is 6.18. The molecule has 2 rings (SSSR count). The quantitative estimate of drug-likeness (QED) is 0.758. The molecule has 0 bridgehead atoms. The number of aryl methyl sites for hydroxylation is 1. The third-order valence-corrected chi connectivity index (χ3v) is 2.75. The molecule has 13 heavy (non-hydrogen) atoms. The van der Waals surface area contributed by atoms with Gasteiger partial charge >= 0.3 is 0 Å². The second kappa shape index (κ2) is 3.21. The molecule has 0 amide bonds. The van der Waals surface area contributed by atoms with Gasteiger partial charge in [-0.05, 0) is 34.7 Å². The minimum atomic E-state index is 0.141. The first-order valence-electron chi connectivity index (χ1n) is 4.27. The third kappa shape index (κ3) is 1.80. The van der Waals surface area contributed by atoms with Crippen molar-refractivity contribution in [3.05, 3.63) is 10.3 Å². The summed E-state index contributed by atoms with van der Waals surface area (Å²) in [5, 5.41) is 7.54. The molecule has 1 aromatic rings. The Bertz CT molecular complexity index is 324. The number of carbonyl (C=O) groups is 1. The van der Waals surface area contributed by atoms with E-state index in [0.717, 1.165) is 0 Å². The number of aromatic nitrogens is 3. The van der Waals surface area contributed by atoms with Crippen molar-refractivity contribution in [2.24, 2.45) is 13.0 Å². The van der Waals surface area contributed by atoms with Gasteiger partial charge in [0.2, 0.25) is 0 Å². The summed E-state index contributed by atoms with van der Waals surface area (Å²) in [5.41, 5.74) is 0.590. The van der Waals surface area contributed by atoms with Crippen molar-refractivity contribution < 1.29 is 4.79 Å². The number of hydrogen-bond acceptors (Lipinski definition) is 3. The van der Waals surface area contributed by atoms with Crippen LogP contribution in [0.4, 0.5) is 0 Å². The van der Waals surface area contributed by atoms with E-state index in [1.807, 2.05) is 0 Å². The highest BCUT2D eigenvalue weighted by Crippen LogP contribution is 2.33. The Kier molecular flexibility index (Phi) is 2.19. The standard InChI is InChI=1S/C8H10BrN3O/c1-12-7(8(9)10-11-12)6(13)4-5-2-3-5/h5H,2-4H2,1H3. The zero-order chi connectivity index (χ0) is 9.42. The Hall–Kier alpha value is -0.710. The topological polar surface area (TPSA) is 47.8 Å². The lowest BCUT2D eigenvalue weighted by Crippen LogP contribution is -2.08. The normalized spacial score (nSPS) is 16.2. The molecular weight excluding hydrogens is 234 g/mol. The Labute approximate surface area is 84.4 Å². The molecule has 1 saturated carbocycles. The first-order valence-corrected chi connectivity index (χ1v) is 5.06. The predicted molar refractivity (Wildman–Crippen MR) is 50.4 cm³/mol. The number of Topliss-reactive ketones (excluding diaryl/α,β-unsaturated/α-hetero) is 1. The molecule has 70 valence electrons. The summed E-state index contributed by atoms with van der Waals surface area (Å²) in [6.07, 6.45) is 3.02. The lowest BCUT2D eigenvalue weighted by molar-refractivity contribution is 0.0966. The predicted octanol–water partition coefficient (Wildman–Crippen LogP) is 1.56. The van der Waals surface area contributed by atoms with Crippen LogP contribution in [-0.2, 0) is 7.05 Å². The van der Waals surface area contributed by atoms with Crippen molar-refractivity contribution in [2.75, 3.05) is 0 Å². The highest BCUT2D eigenvalue weighted by atomic mass is 79.9. The number of hydrogen-bond donors (Lipinski definition) is 0. The van der Waals surface area contributed by atoms with E-state index in [2.05, 4.69) is 26.2 Å². The molecule has 0 atom stereocenters. The fraction of sp³-hybridized carbons (Fsp3) is 0.625. The van der Waals surface area contributed by atoms with E-state index in [4.69, 9.17) is 0 Å². The maximum absolute atomic E-state index is 11.7. The Morgan fingerprint density at radius 3 is 2.85 bits per heavy atom. The van der Waals surface area contributed by atoms with Gasteiger partial charge in [0.1, 0.15) is 5.69 Å². The van der Waals surface area contributed by atoms with E-state index in [0.29, 0.717) is 22.6 Å². The fourth-order valence-corrected chi connectivity index (χ4v) is 1.86. The third-order valence-electron chi connectivity index (χ3n) is 2.22. The van der Waals surface area contributed by atoms with Crippen LogP contribution in [0, 0.1) is 5.92 Å². The minimum absolute atomic E-state index is 0.141. The molecule has 1 heterocycles. The van der Waals surface area contributed by atoms with E-state index in [1.54, 1.807) is 7.05 Å². The Balaban J connectivity index is 2.17. The summed E-state index contributed by atoms with van der Waals surface area (Å²) in [6, 6.07) is 0. The van der Waals surface area contributed by atoms with Gasteiger partial charge in [0.15, 0.2) is 10.4 Å². The molecule has 0 spiro atoms. The first kappa shape index (κ1) is 8.87. The molecule has 0 unspecified atom stereocenters. The van der Waals surface area contributed by atoms with E-state index >= 15 is 0 Å². The van der Waals surface area contributed by atoms with Gasteiger partial charge in [-0.1, -0.05) is 5.21 Å². The number of ketones is 1. The van der Waals surface area contributed by atoms with E-state index in [-0.39, 0.29) is 5.78 Å². The van der Waals surface area contributed by atoms with Crippen molar-refractivity contribution in [2.45, 2.75) is 19.3 Å². The number of carbonyl (C=O) groups excluding carboxylic acids is 1. The average Bonchev–Trinajstić information content (AvgIpc) is 2.79. The lowest BCUT2D eigenvalue weighted by Gasteiger charge is -1.98. The van der Waals surface area contributed by atoms with Crippen LogP contribution >= 0.6 is 15.9 Å². The van der Waals surface area contributed by atoms with Crippen molar-refractivity contribution in [3.63, 3.8) is 0 Å². The van der Waals surface area contributed by atoms with E-state index < -0.39 is 0 Å². The van der Waals surface area contributed by atoms with Gasteiger partial charge in [-0.3, -0.25) is 4.79 Å². The van der Waals surface area contributed by atoms with Crippen LogP contribution < -0.4 is 0 Å². The largest absolute Gasteiger partial charge is 0.292 e. The average molecular weight is 244 g/mol. The maximum atomic E-state index is 11.7. The van der Waals surface area contributed by atoms with Crippen LogP contribution in [0.2, 0.25) is 0 Å². The van der Waals surface area contributed by atoms with Crippen molar-refractivity contribution in [3.8, 4) is 0 Å². The molecule has 0 N–H and O–H groups in total. The SMILES string of the molecule is Cn1nnc(Br)c1C(=O)CC1CC1. The number of halogens is 1. The Morgan fingerprint density at radius 2 is 2.38 bits per heavy atom. The minimum Gasteiger partial charge on any atom is -0.292 e. The van der Waals surface area contributed by atoms with Crippen LogP contribution in [0.15, 0.2) is 4.60 Å². The fourth-order valence-electron chi connectivity index (χ4n) is 1.31. The Morgan fingerprint density at radius 1 is 1.69 bits per heavy atom. The highest BCUT2D eigenvalue weighted by molar-refractivity contribution is 9.10. The summed E-state index contributed by atoms with van der Waals surface area (Å²) in [5.74, 6) is 0.746. The summed E-state index contributed by atoms with van der Waals surface area (Å²) in [7, 11) is 1.73. The van der Waals surface area contributed by atoms with Crippen molar-refractivity contribution in [1.82, 2.24) is 15.0 Å².